The van der Waals surface area contributed by atoms with Crippen LogP contribution in [-0.4, -0.2) is 38.7 Å². The Labute approximate surface area is 126 Å². The minimum absolute atomic E-state index is 0.0858. The van der Waals surface area contributed by atoms with Gasteiger partial charge < -0.3 is 15.1 Å². The van der Waals surface area contributed by atoms with Crippen molar-refractivity contribution in [1.29, 1.82) is 0 Å². The van der Waals surface area contributed by atoms with E-state index in [0.717, 1.165) is 31.4 Å². The first-order chi connectivity index (χ1) is 10.7. The van der Waals surface area contributed by atoms with Gasteiger partial charge in [-0.1, -0.05) is 12.1 Å². The Bertz CT molecular complexity index is 812. The third-order valence-corrected chi connectivity index (χ3v) is 3.89. The minimum atomic E-state index is -0.0858. The predicted molar refractivity (Wildman–Crippen MR) is 80.7 cm³/mol. The van der Waals surface area contributed by atoms with Gasteiger partial charge in [0.15, 0.2) is 5.58 Å². The highest BCUT2D eigenvalue weighted by atomic mass is 16.4. The van der Waals surface area contributed by atoms with E-state index >= 15 is 0 Å². The van der Waals surface area contributed by atoms with Gasteiger partial charge in [-0.2, -0.15) is 14.8 Å². The predicted octanol–water partition coefficient (Wildman–Crippen LogP) is 1.83. The SMILES string of the molecule is Nc1c(C(=O)N2CCCC2)cnn1-c1nc2ccccc2o1. The second-order valence-corrected chi connectivity index (χ2v) is 5.32. The molecule has 22 heavy (non-hydrogen) atoms. The monoisotopic (exact) mass is 297 g/mol. The molecule has 1 aromatic carbocycles. The van der Waals surface area contributed by atoms with Crippen LogP contribution in [-0.2, 0) is 0 Å². The van der Waals surface area contributed by atoms with Crippen LogP contribution in [0.2, 0.25) is 0 Å². The van der Waals surface area contributed by atoms with E-state index in [1.165, 1.54) is 10.9 Å². The summed E-state index contributed by atoms with van der Waals surface area (Å²) in [7, 11) is 0. The summed E-state index contributed by atoms with van der Waals surface area (Å²) in [5.41, 5.74) is 7.85. The lowest BCUT2D eigenvalue weighted by Crippen LogP contribution is -2.28. The second kappa shape index (κ2) is 4.87. The standard InChI is InChI=1S/C15H15N5O2/c16-13-10(14(21)19-7-3-4-8-19)9-17-20(13)15-18-11-5-1-2-6-12(11)22-15/h1-2,5-6,9H,3-4,7-8,16H2. The summed E-state index contributed by atoms with van der Waals surface area (Å²) < 4.78 is 7.00. The highest BCUT2D eigenvalue weighted by Crippen LogP contribution is 2.23. The number of hydrogen-bond acceptors (Lipinski definition) is 5. The van der Waals surface area contributed by atoms with E-state index in [2.05, 4.69) is 10.1 Å². The number of nitrogens with zero attached hydrogens (tertiary/aromatic N) is 4. The average molecular weight is 297 g/mol. The van der Waals surface area contributed by atoms with Crippen molar-refractivity contribution >= 4 is 22.8 Å². The molecule has 0 bridgehead atoms. The zero-order valence-corrected chi connectivity index (χ0v) is 11.9. The molecular weight excluding hydrogens is 282 g/mol. The fourth-order valence-electron chi connectivity index (χ4n) is 2.72. The molecule has 1 amide bonds. The van der Waals surface area contributed by atoms with E-state index in [9.17, 15) is 4.79 Å². The molecule has 7 heteroatoms. The van der Waals surface area contributed by atoms with Crippen LogP contribution in [0.3, 0.4) is 0 Å². The molecule has 0 aliphatic carbocycles. The number of fused-ring (bicyclic) bond motifs is 1. The van der Waals surface area contributed by atoms with Crippen molar-refractivity contribution < 1.29 is 9.21 Å². The van der Waals surface area contributed by atoms with Gasteiger partial charge in [0.25, 0.3) is 5.91 Å². The Balaban J connectivity index is 1.72. The fraction of sp³-hybridized carbons (Fsp3) is 0.267. The largest absolute Gasteiger partial charge is 0.422 e. The van der Waals surface area contributed by atoms with E-state index in [0.29, 0.717) is 11.1 Å². The van der Waals surface area contributed by atoms with Crippen LogP contribution in [0.25, 0.3) is 17.1 Å². The molecule has 0 spiro atoms. The first-order valence-electron chi connectivity index (χ1n) is 7.23. The zero-order valence-electron chi connectivity index (χ0n) is 11.9. The van der Waals surface area contributed by atoms with Crippen molar-refractivity contribution in [3.8, 4) is 6.01 Å². The van der Waals surface area contributed by atoms with Crippen LogP contribution in [0.1, 0.15) is 23.2 Å². The lowest BCUT2D eigenvalue weighted by atomic mass is 10.3. The number of aromatic nitrogens is 3. The lowest BCUT2D eigenvalue weighted by Gasteiger charge is -2.14. The highest BCUT2D eigenvalue weighted by molar-refractivity contribution is 5.98. The summed E-state index contributed by atoms with van der Waals surface area (Å²) in [5.74, 6) is 0.167. The fourth-order valence-corrected chi connectivity index (χ4v) is 2.72. The molecule has 7 nitrogen and oxygen atoms in total. The van der Waals surface area contributed by atoms with Crippen LogP contribution in [0.5, 0.6) is 0 Å². The third-order valence-electron chi connectivity index (χ3n) is 3.89. The van der Waals surface area contributed by atoms with Crippen molar-refractivity contribution in [3.05, 3.63) is 36.0 Å². The number of benzene rings is 1. The maximum Gasteiger partial charge on any atom is 0.325 e. The number of anilines is 1. The van der Waals surface area contributed by atoms with Crippen molar-refractivity contribution in [2.45, 2.75) is 12.8 Å². The van der Waals surface area contributed by atoms with Crippen molar-refractivity contribution in [2.24, 2.45) is 0 Å². The van der Waals surface area contributed by atoms with Crippen molar-refractivity contribution in [3.63, 3.8) is 0 Å². The van der Waals surface area contributed by atoms with Crippen LogP contribution < -0.4 is 5.73 Å². The first kappa shape index (κ1) is 12.9. The number of rotatable bonds is 2. The maximum atomic E-state index is 12.4. The molecule has 3 heterocycles. The molecule has 1 fully saturated rings. The third kappa shape index (κ3) is 1.93. The maximum absolute atomic E-state index is 12.4. The Morgan fingerprint density at radius 1 is 1.23 bits per heavy atom. The van der Waals surface area contributed by atoms with Gasteiger partial charge in [-0.15, -0.1) is 0 Å². The second-order valence-electron chi connectivity index (χ2n) is 5.32. The average Bonchev–Trinajstić information content (AvgIpc) is 3.25. The van der Waals surface area contributed by atoms with E-state index in [4.69, 9.17) is 10.2 Å². The number of hydrogen-bond donors (Lipinski definition) is 1. The molecule has 0 saturated carbocycles. The molecule has 0 radical (unpaired) electrons. The van der Waals surface area contributed by atoms with Gasteiger partial charge in [0.1, 0.15) is 16.9 Å². The minimum Gasteiger partial charge on any atom is -0.422 e. The number of carbonyl (C=O) groups excluding carboxylic acids is 1. The Kier molecular flexibility index (Phi) is 2.85. The summed E-state index contributed by atoms with van der Waals surface area (Å²) in [5, 5.41) is 4.16. The molecular formula is C15H15N5O2. The van der Waals surface area contributed by atoms with Gasteiger partial charge >= 0.3 is 6.01 Å². The van der Waals surface area contributed by atoms with E-state index < -0.39 is 0 Å². The number of oxazole rings is 1. The molecule has 0 atom stereocenters. The molecule has 1 aliphatic rings. The summed E-state index contributed by atoms with van der Waals surface area (Å²) in [6.45, 7) is 1.54. The summed E-state index contributed by atoms with van der Waals surface area (Å²) in [6.07, 6.45) is 3.54. The normalized spacial score (nSPS) is 14.8. The number of nitrogen functional groups attached to an aromatic ring is 1. The van der Waals surface area contributed by atoms with Gasteiger partial charge in [0, 0.05) is 13.1 Å². The first-order valence-corrected chi connectivity index (χ1v) is 7.23. The van der Waals surface area contributed by atoms with Crippen LogP contribution in [0.15, 0.2) is 34.9 Å². The van der Waals surface area contributed by atoms with Crippen LogP contribution in [0, 0.1) is 0 Å². The molecule has 112 valence electrons. The molecule has 4 rings (SSSR count). The van der Waals surface area contributed by atoms with Crippen molar-refractivity contribution in [1.82, 2.24) is 19.7 Å². The van der Waals surface area contributed by atoms with E-state index in [1.54, 1.807) is 4.90 Å². The number of nitrogens with two attached hydrogens (primary N) is 1. The number of carbonyl (C=O) groups is 1. The lowest BCUT2D eigenvalue weighted by molar-refractivity contribution is 0.0794. The Morgan fingerprint density at radius 3 is 2.77 bits per heavy atom. The topological polar surface area (TPSA) is 90.2 Å². The number of para-hydroxylation sites is 2. The van der Waals surface area contributed by atoms with Gasteiger partial charge in [-0.05, 0) is 25.0 Å². The smallest absolute Gasteiger partial charge is 0.325 e. The van der Waals surface area contributed by atoms with Crippen LogP contribution >= 0.6 is 0 Å². The summed E-state index contributed by atoms with van der Waals surface area (Å²) in [6, 6.07) is 7.68. The Morgan fingerprint density at radius 2 is 2.00 bits per heavy atom. The quantitative estimate of drug-likeness (QED) is 0.779. The molecule has 0 unspecified atom stereocenters. The van der Waals surface area contributed by atoms with Gasteiger partial charge in [-0.25, -0.2) is 0 Å². The van der Waals surface area contributed by atoms with Crippen LogP contribution in [0.4, 0.5) is 5.82 Å². The summed E-state index contributed by atoms with van der Waals surface area (Å²) >= 11 is 0. The van der Waals surface area contributed by atoms with Gasteiger partial charge in [0.2, 0.25) is 0 Å². The van der Waals surface area contributed by atoms with Gasteiger partial charge in [0.05, 0.1) is 6.20 Å². The number of amides is 1. The summed E-state index contributed by atoms with van der Waals surface area (Å²) in [4.78, 5) is 18.6. The highest BCUT2D eigenvalue weighted by Gasteiger charge is 2.25. The van der Waals surface area contributed by atoms with E-state index in [-0.39, 0.29) is 17.7 Å². The molecule has 3 aromatic rings. The Hall–Kier alpha value is -2.83. The molecule has 1 saturated heterocycles. The van der Waals surface area contributed by atoms with E-state index in [1.807, 2.05) is 24.3 Å². The van der Waals surface area contributed by atoms with Crippen molar-refractivity contribution in [2.75, 3.05) is 18.8 Å². The number of likely N-dealkylation sites (tertiary alicyclic amines) is 1. The molecule has 2 aromatic heterocycles. The van der Waals surface area contributed by atoms with Gasteiger partial charge in [-0.3, -0.25) is 4.79 Å². The molecule has 2 N–H and O–H groups in total. The molecule has 1 aliphatic heterocycles. The zero-order chi connectivity index (χ0) is 15.1.